The Bertz CT molecular complexity index is 1500. The van der Waals surface area contributed by atoms with Crippen molar-refractivity contribution in [2.45, 2.75) is 30.1 Å². The molecule has 1 aliphatic carbocycles. The summed E-state index contributed by atoms with van der Waals surface area (Å²) in [6.45, 7) is 4.65. The molecule has 2 heterocycles. The number of likely N-dealkylation sites (N-methyl/N-ethyl adjacent to an activating group) is 1. The van der Waals surface area contributed by atoms with E-state index in [9.17, 15) is 13.2 Å². The van der Waals surface area contributed by atoms with E-state index in [1.165, 1.54) is 0 Å². The maximum Gasteiger partial charge on any atom is 0.243 e. The fraction of sp³-hybridized carbons (Fsp3) is 0.345. The molecule has 3 aromatic carbocycles. The Morgan fingerprint density at radius 3 is 2.34 bits per heavy atom. The van der Waals surface area contributed by atoms with Crippen molar-refractivity contribution < 1.29 is 24.1 Å². The fourth-order valence-electron chi connectivity index (χ4n) is 5.21. The Hall–Kier alpha value is -3.40. The molecule has 1 N–H and O–H groups in total. The van der Waals surface area contributed by atoms with Gasteiger partial charge in [-0.05, 0) is 85.5 Å². The summed E-state index contributed by atoms with van der Waals surface area (Å²) >= 11 is 0. The SMILES string of the molecule is Cc1ccc(NC(=O)C2(c3ccc4c(c3)OCO4)CC2)cc1-c1ccc(S(=O)(=O)N2CCN(C)CC2)cc1.[HH]. The zero-order chi connectivity index (χ0) is 26.5. The number of carbonyl (C=O) groups excluding carboxylic acids is 1. The molecular weight excluding hydrogens is 502 g/mol. The molecule has 38 heavy (non-hydrogen) atoms. The molecule has 0 aromatic heterocycles. The molecule has 3 aromatic rings. The molecule has 8 nitrogen and oxygen atoms in total. The second-order valence-corrected chi connectivity index (χ2v) is 12.3. The third kappa shape index (κ3) is 4.44. The molecule has 1 saturated heterocycles. The van der Waals surface area contributed by atoms with Gasteiger partial charge in [0.25, 0.3) is 0 Å². The minimum atomic E-state index is -3.53. The highest BCUT2D eigenvalue weighted by Crippen LogP contribution is 2.51. The largest absolute Gasteiger partial charge is 0.454 e. The lowest BCUT2D eigenvalue weighted by atomic mass is 9.94. The predicted molar refractivity (Wildman–Crippen MR) is 147 cm³/mol. The Morgan fingerprint density at radius 2 is 1.63 bits per heavy atom. The van der Waals surface area contributed by atoms with E-state index in [0.29, 0.717) is 35.2 Å². The van der Waals surface area contributed by atoms with Crippen LogP contribution in [0.3, 0.4) is 0 Å². The number of hydrogen-bond acceptors (Lipinski definition) is 6. The quantitative estimate of drug-likeness (QED) is 0.508. The number of ether oxygens (including phenoxy) is 2. The first-order chi connectivity index (χ1) is 18.3. The number of piperazine rings is 1. The third-order valence-electron chi connectivity index (χ3n) is 7.87. The summed E-state index contributed by atoms with van der Waals surface area (Å²) in [7, 11) is -1.53. The number of anilines is 1. The van der Waals surface area contributed by atoms with Crippen LogP contribution >= 0.6 is 0 Å². The summed E-state index contributed by atoms with van der Waals surface area (Å²) in [6.07, 6.45) is 1.56. The van der Waals surface area contributed by atoms with Crippen molar-refractivity contribution in [2.75, 3.05) is 45.3 Å². The standard InChI is InChI=1S/C29H31N3O5S.H2/c1-20-3-7-23(30-28(33)29(11-12-29)22-6-10-26-27(17-22)37-19-36-26)18-25(20)21-4-8-24(9-5-21)38(34,35)32-15-13-31(2)14-16-32;/h3-10,17-18H,11-16,19H2,1-2H3,(H,30,33);1H. The minimum Gasteiger partial charge on any atom is -0.454 e. The number of fused-ring (bicyclic) bond motifs is 1. The normalized spacial score (nSPS) is 18.8. The molecule has 6 rings (SSSR count). The van der Waals surface area contributed by atoms with Gasteiger partial charge in [0, 0.05) is 33.3 Å². The number of nitrogens with one attached hydrogen (secondary N) is 1. The van der Waals surface area contributed by atoms with E-state index in [1.807, 2.05) is 62.5 Å². The van der Waals surface area contributed by atoms with Crippen molar-refractivity contribution in [2.24, 2.45) is 0 Å². The molecule has 0 atom stereocenters. The van der Waals surface area contributed by atoms with Crippen LogP contribution in [0.2, 0.25) is 0 Å². The molecule has 0 radical (unpaired) electrons. The van der Waals surface area contributed by atoms with Crippen LogP contribution in [0.5, 0.6) is 11.5 Å². The van der Waals surface area contributed by atoms with Gasteiger partial charge in [-0.15, -0.1) is 0 Å². The first-order valence-corrected chi connectivity index (χ1v) is 14.3. The Labute approximate surface area is 224 Å². The van der Waals surface area contributed by atoms with Crippen molar-refractivity contribution in [1.29, 1.82) is 0 Å². The molecule has 1 amide bonds. The van der Waals surface area contributed by atoms with Gasteiger partial charge in [0.1, 0.15) is 0 Å². The molecule has 200 valence electrons. The van der Waals surface area contributed by atoms with E-state index in [0.717, 1.165) is 48.2 Å². The van der Waals surface area contributed by atoms with Crippen LogP contribution in [0, 0.1) is 6.92 Å². The van der Waals surface area contributed by atoms with Gasteiger partial charge in [-0.1, -0.05) is 24.3 Å². The van der Waals surface area contributed by atoms with Crippen LogP contribution < -0.4 is 14.8 Å². The number of rotatable bonds is 6. The number of carbonyl (C=O) groups is 1. The van der Waals surface area contributed by atoms with Crippen LogP contribution in [0.25, 0.3) is 11.1 Å². The summed E-state index contributed by atoms with van der Waals surface area (Å²) in [6, 6.07) is 18.6. The molecule has 2 fully saturated rings. The zero-order valence-corrected chi connectivity index (χ0v) is 22.4. The van der Waals surface area contributed by atoms with Gasteiger partial charge in [-0.3, -0.25) is 4.79 Å². The first kappa shape index (κ1) is 24.9. The summed E-state index contributed by atoms with van der Waals surface area (Å²) in [5, 5.41) is 3.11. The van der Waals surface area contributed by atoms with Gasteiger partial charge in [-0.2, -0.15) is 4.31 Å². The van der Waals surface area contributed by atoms with E-state index in [-0.39, 0.29) is 14.1 Å². The highest BCUT2D eigenvalue weighted by molar-refractivity contribution is 7.89. The molecule has 9 heteroatoms. The number of sulfonamides is 1. The van der Waals surface area contributed by atoms with Gasteiger partial charge in [0.05, 0.1) is 10.3 Å². The summed E-state index contributed by atoms with van der Waals surface area (Å²) in [5.74, 6) is 1.34. The van der Waals surface area contributed by atoms with Crippen LogP contribution in [0.4, 0.5) is 5.69 Å². The highest BCUT2D eigenvalue weighted by atomic mass is 32.2. The van der Waals surface area contributed by atoms with Gasteiger partial charge < -0.3 is 19.7 Å². The van der Waals surface area contributed by atoms with Gasteiger partial charge in [0.15, 0.2) is 11.5 Å². The fourth-order valence-corrected chi connectivity index (χ4v) is 6.63. The first-order valence-electron chi connectivity index (χ1n) is 12.9. The molecule has 1 saturated carbocycles. The predicted octanol–water partition coefficient (Wildman–Crippen LogP) is 4.24. The number of amides is 1. The highest BCUT2D eigenvalue weighted by Gasteiger charge is 2.51. The summed E-state index contributed by atoms with van der Waals surface area (Å²) < 4.78 is 38.7. The van der Waals surface area contributed by atoms with Gasteiger partial charge >= 0.3 is 0 Å². The summed E-state index contributed by atoms with van der Waals surface area (Å²) in [4.78, 5) is 15.8. The van der Waals surface area contributed by atoms with Crippen LogP contribution in [0.1, 0.15) is 25.4 Å². The lowest BCUT2D eigenvalue weighted by Crippen LogP contribution is -2.46. The molecule has 0 spiro atoms. The Morgan fingerprint density at radius 1 is 0.921 bits per heavy atom. The van der Waals surface area contributed by atoms with Crippen LogP contribution in [-0.4, -0.2) is 63.5 Å². The topological polar surface area (TPSA) is 88.2 Å². The number of nitrogens with zero attached hydrogens (tertiary/aromatic N) is 2. The maximum absolute atomic E-state index is 13.4. The van der Waals surface area contributed by atoms with Crippen molar-refractivity contribution in [3.63, 3.8) is 0 Å². The van der Waals surface area contributed by atoms with Crippen molar-refractivity contribution in [1.82, 2.24) is 9.21 Å². The average molecular weight is 536 g/mol. The van der Waals surface area contributed by atoms with E-state index in [1.54, 1.807) is 16.4 Å². The Kier molecular flexibility index (Phi) is 6.17. The lowest BCUT2D eigenvalue weighted by molar-refractivity contribution is -0.118. The molecule has 2 aliphatic heterocycles. The third-order valence-corrected chi connectivity index (χ3v) is 9.78. The molecular formula is C29H33N3O5S. The average Bonchev–Trinajstić information content (AvgIpc) is 3.61. The zero-order valence-electron chi connectivity index (χ0n) is 21.6. The second-order valence-electron chi connectivity index (χ2n) is 10.4. The second kappa shape index (κ2) is 9.41. The van der Waals surface area contributed by atoms with Crippen molar-refractivity contribution >= 4 is 21.6 Å². The van der Waals surface area contributed by atoms with Gasteiger partial charge in [0.2, 0.25) is 22.7 Å². The number of hydrogen-bond donors (Lipinski definition) is 1. The van der Waals surface area contributed by atoms with Crippen LogP contribution in [-0.2, 0) is 20.2 Å². The maximum atomic E-state index is 13.4. The van der Waals surface area contributed by atoms with E-state index in [2.05, 4.69) is 10.2 Å². The van der Waals surface area contributed by atoms with E-state index >= 15 is 0 Å². The van der Waals surface area contributed by atoms with Crippen molar-refractivity contribution in [3.05, 3.63) is 71.8 Å². The van der Waals surface area contributed by atoms with E-state index in [4.69, 9.17) is 9.47 Å². The van der Waals surface area contributed by atoms with E-state index < -0.39 is 15.4 Å². The lowest BCUT2D eigenvalue weighted by Gasteiger charge is -2.31. The van der Waals surface area contributed by atoms with Gasteiger partial charge in [-0.25, -0.2) is 8.42 Å². The molecule has 0 bridgehead atoms. The molecule has 0 unspecified atom stereocenters. The monoisotopic (exact) mass is 535 g/mol. The summed E-state index contributed by atoms with van der Waals surface area (Å²) in [5.41, 5.74) is 3.95. The minimum absolute atomic E-state index is 0. The van der Waals surface area contributed by atoms with Crippen LogP contribution in [0.15, 0.2) is 65.6 Å². The molecule has 3 aliphatic rings. The van der Waals surface area contributed by atoms with Crippen molar-refractivity contribution in [3.8, 4) is 22.6 Å². The number of aryl methyl sites for hydroxylation is 1. The smallest absolute Gasteiger partial charge is 0.243 e. The Balaban J connectivity index is 0.00000308. The number of benzene rings is 3.